The third kappa shape index (κ3) is 4.57. The second-order valence-corrected chi connectivity index (χ2v) is 9.14. The normalized spacial score (nSPS) is 15.4. The molecule has 1 amide bonds. The Kier molecular flexibility index (Phi) is 6.37. The molecule has 1 aliphatic rings. The minimum absolute atomic E-state index is 0.0848. The Hall–Kier alpha value is -3.57. The summed E-state index contributed by atoms with van der Waals surface area (Å²) < 4.78 is 21.9. The monoisotopic (exact) mass is 496 g/mol. The lowest BCUT2D eigenvalue weighted by Crippen LogP contribution is -2.28. The smallest absolute Gasteiger partial charge is 0.277 e. The molecule has 0 radical (unpaired) electrons. The summed E-state index contributed by atoms with van der Waals surface area (Å²) in [6.45, 7) is 0. The molecule has 1 unspecified atom stereocenters. The SMILES string of the molecule is COc1cc(OC)cc(-c2nnc(SCC(=O)N3N=C(c4cccs4)CC3c3ccco3)o2)c1. The molecule has 0 N–H and O–H groups in total. The Morgan fingerprint density at radius 1 is 1.18 bits per heavy atom. The van der Waals surface area contributed by atoms with Crippen LogP contribution in [0.1, 0.15) is 23.1 Å². The fourth-order valence-electron chi connectivity index (χ4n) is 3.54. The van der Waals surface area contributed by atoms with E-state index in [-0.39, 0.29) is 22.9 Å². The second kappa shape index (κ2) is 9.74. The summed E-state index contributed by atoms with van der Waals surface area (Å²) in [6, 6.07) is 12.6. The van der Waals surface area contributed by atoms with Crippen molar-refractivity contribution in [3.05, 3.63) is 64.7 Å². The molecule has 0 bridgehead atoms. The number of hydrazone groups is 1. The van der Waals surface area contributed by atoms with Crippen LogP contribution >= 0.6 is 23.1 Å². The number of thioether (sulfide) groups is 1. The predicted molar refractivity (Wildman–Crippen MR) is 127 cm³/mol. The maximum Gasteiger partial charge on any atom is 0.277 e. The number of carbonyl (C=O) groups excluding carboxylic acids is 1. The third-order valence-electron chi connectivity index (χ3n) is 5.17. The molecule has 4 heterocycles. The van der Waals surface area contributed by atoms with E-state index in [0.29, 0.717) is 35.1 Å². The number of aromatic nitrogens is 2. The molecule has 9 nitrogen and oxygen atoms in total. The maximum absolute atomic E-state index is 13.1. The number of amides is 1. The minimum atomic E-state index is -0.289. The highest BCUT2D eigenvalue weighted by molar-refractivity contribution is 7.99. The summed E-state index contributed by atoms with van der Waals surface area (Å²) in [5.74, 6) is 2.12. The maximum atomic E-state index is 13.1. The average molecular weight is 497 g/mol. The van der Waals surface area contributed by atoms with Gasteiger partial charge in [-0.2, -0.15) is 5.10 Å². The standard InChI is InChI=1S/C23H20N4O5S2/c1-29-15-9-14(10-16(11-15)30-2)22-24-25-23(32-22)34-13-21(28)27-18(19-5-3-7-31-19)12-17(26-27)20-6-4-8-33-20/h3-11,18H,12-13H2,1-2H3. The number of benzene rings is 1. The zero-order chi connectivity index (χ0) is 23.5. The van der Waals surface area contributed by atoms with Crippen LogP contribution < -0.4 is 9.47 Å². The fourth-order valence-corrected chi connectivity index (χ4v) is 4.88. The lowest BCUT2D eigenvalue weighted by molar-refractivity contribution is -0.130. The molecular formula is C23H20N4O5S2. The van der Waals surface area contributed by atoms with Gasteiger partial charge in [-0.3, -0.25) is 4.79 Å². The molecule has 0 spiro atoms. The average Bonchev–Trinajstić information content (AvgIpc) is 3.68. The van der Waals surface area contributed by atoms with E-state index in [2.05, 4.69) is 15.3 Å². The Morgan fingerprint density at radius 2 is 2.00 bits per heavy atom. The van der Waals surface area contributed by atoms with Crippen LogP contribution in [0.3, 0.4) is 0 Å². The molecular weight excluding hydrogens is 476 g/mol. The lowest BCUT2D eigenvalue weighted by atomic mass is 10.1. The van der Waals surface area contributed by atoms with Gasteiger partial charge in [0.05, 0.1) is 36.8 Å². The van der Waals surface area contributed by atoms with Crippen molar-refractivity contribution >= 4 is 34.7 Å². The van der Waals surface area contributed by atoms with Crippen LogP contribution in [0.5, 0.6) is 11.5 Å². The molecule has 3 aromatic heterocycles. The van der Waals surface area contributed by atoms with Crippen molar-refractivity contribution in [3.63, 3.8) is 0 Å². The number of hydrogen-bond donors (Lipinski definition) is 0. The van der Waals surface area contributed by atoms with Crippen LogP contribution in [-0.4, -0.2) is 46.8 Å². The molecule has 11 heteroatoms. The first-order valence-electron chi connectivity index (χ1n) is 10.3. The number of carbonyl (C=O) groups is 1. The van der Waals surface area contributed by atoms with Crippen molar-refractivity contribution in [1.82, 2.24) is 15.2 Å². The number of ether oxygens (including phenoxy) is 2. The van der Waals surface area contributed by atoms with Crippen molar-refractivity contribution in [2.24, 2.45) is 5.10 Å². The van der Waals surface area contributed by atoms with Crippen LogP contribution in [0, 0.1) is 0 Å². The Bertz CT molecular complexity index is 1280. The topological polar surface area (TPSA) is 103 Å². The van der Waals surface area contributed by atoms with Crippen LogP contribution in [0.15, 0.2) is 73.3 Å². The summed E-state index contributed by atoms with van der Waals surface area (Å²) in [7, 11) is 3.14. The molecule has 1 atom stereocenters. The summed E-state index contributed by atoms with van der Waals surface area (Å²) in [5.41, 5.74) is 1.52. The molecule has 4 aromatic rings. The predicted octanol–water partition coefficient (Wildman–Crippen LogP) is 4.88. The number of furan rings is 1. The van der Waals surface area contributed by atoms with Gasteiger partial charge < -0.3 is 18.3 Å². The summed E-state index contributed by atoms with van der Waals surface area (Å²) in [6.07, 6.45) is 2.19. The van der Waals surface area contributed by atoms with Gasteiger partial charge in [-0.1, -0.05) is 17.8 Å². The van der Waals surface area contributed by atoms with Gasteiger partial charge in [0.15, 0.2) is 0 Å². The van der Waals surface area contributed by atoms with Crippen molar-refractivity contribution in [2.45, 2.75) is 17.7 Å². The molecule has 1 aromatic carbocycles. The largest absolute Gasteiger partial charge is 0.497 e. The summed E-state index contributed by atoms with van der Waals surface area (Å²) in [5, 5.41) is 16.5. The number of methoxy groups -OCH3 is 2. The molecule has 0 saturated carbocycles. The van der Waals surface area contributed by atoms with E-state index in [0.717, 1.165) is 22.4 Å². The van der Waals surface area contributed by atoms with Gasteiger partial charge in [0.1, 0.15) is 23.3 Å². The Labute approximate surface area is 203 Å². The van der Waals surface area contributed by atoms with E-state index in [1.165, 1.54) is 5.01 Å². The molecule has 174 valence electrons. The van der Waals surface area contributed by atoms with Crippen molar-refractivity contribution in [2.75, 3.05) is 20.0 Å². The number of hydrogen-bond acceptors (Lipinski definition) is 10. The molecule has 1 aliphatic heterocycles. The molecule has 34 heavy (non-hydrogen) atoms. The van der Waals surface area contributed by atoms with Gasteiger partial charge in [0, 0.05) is 18.1 Å². The molecule has 0 fully saturated rings. The first-order chi connectivity index (χ1) is 16.6. The molecule has 0 saturated heterocycles. The van der Waals surface area contributed by atoms with Crippen LogP contribution in [0.4, 0.5) is 0 Å². The van der Waals surface area contributed by atoms with Gasteiger partial charge in [-0.05, 0) is 35.7 Å². The van der Waals surface area contributed by atoms with Crippen molar-refractivity contribution in [1.29, 1.82) is 0 Å². The Balaban J connectivity index is 1.30. The van der Waals surface area contributed by atoms with E-state index in [1.54, 1.807) is 50.0 Å². The molecule has 5 rings (SSSR count). The van der Waals surface area contributed by atoms with Crippen molar-refractivity contribution < 1.29 is 23.1 Å². The van der Waals surface area contributed by atoms with E-state index < -0.39 is 0 Å². The fraction of sp³-hybridized carbons (Fsp3) is 0.217. The highest BCUT2D eigenvalue weighted by Crippen LogP contribution is 2.35. The van der Waals surface area contributed by atoms with E-state index >= 15 is 0 Å². The first kappa shape index (κ1) is 22.2. The van der Waals surface area contributed by atoms with E-state index in [4.69, 9.17) is 18.3 Å². The number of thiophene rings is 1. The number of nitrogens with zero attached hydrogens (tertiary/aromatic N) is 4. The highest BCUT2D eigenvalue weighted by Gasteiger charge is 2.35. The van der Waals surface area contributed by atoms with Gasteiger partial charge in [-0.25, -0.2) is 5.01 Å². The number of rotatable bonds is 8. The van der Waals surface area contributed by atoms with Gasteiger partial charge in [-0.15, -0.1) is 21.5 Å². The first-order valence-corrected chi connectivity index (χ1v) is 12.2. The van der Waals surface area contributed by atoms with Crippen LogP contribution in [0.2, 0.25) is 0 Å². The van der Waals surface area contributed by atoms with Gasteiger partial charge in [0.2, 0.25) is 5.89 Å². The van der Waals surface area contributed by atoms with Gasteiger partial charge in [0.25, 0.3) is 11.1 Å². The lowest BCUT2D eigenvalue weighted by Gasteiger charge is -2.19. The minimum Gasteiger partial charge on any atom is -0.497 e. The van der Waals surface area contributed by atoms with Crippen LogP contribution in [-0.2, 0) is 4.79 Å². The zero-order valence-corrected chi connectivity index (χ0v) is 20.0. The van der Waals surface area contributed by atoms with E-state index in [9.17, 15) is 4.79 Å². The van der Waals surface area contributed by atoms with Crippen molar-refractivity contribution in [3.8, 4) is 23.0 Å². The quantitative estimate of drug-likeness (QED) is 0.318. The highest BCUT2D eigenvalue weighted by atomic mass is 32.2. The third-order valence-corrected chi connectivity index (χ3v) is 6.89. The van der Waals surface area contributed by atoms with Crippen LogP contribution in [0.25, 0.3) is 11.5 Å². The summed E-state index contributed by atoms with van der Waals surface area (Å²) >= 11 is 2.75. The Morgan fingerprint density at radius 3 is 2.68 bits per heavy atom. The second-order valence-electron chi connectivity index (χ2n) is 7.26. The summed E-state index contributed by atoms with van der Waals surface area (Å²) in [4.78, 5) is 14.2. The van der Waals surface area contributed by atoms with Gasteiger partial charge >= 0.3 is 0 Å². The molecule has 0 aliphatic carbocycles. The zero-order valence-electron chi connectivity index (χ0n) is 18.3. The van der Waals surface area contributed by atoms with E-state index in [1.807, 2.05) is 29.6 Å².